The van der Waals surface area contributed by atoms with Gasteiger partial charge in [-0.2, -0.15) is 13.2 Å². The standard InChI is InChI=1S/C16H15ClF3NO/c17-13-14(10-6-8-12(9-7-10)16(18,19)20)21-22-15(13)11-4-2-1-3-5-11/h6-9,11H,1-5H2. The summed E-state index contributed by atoms with van der Waals surface area (Å²) in [6.07, 6.45) is 1.17. The molecule has 0 spiro atoms. The molecule has 6 heteroatoms. The topological polar surface area (TPSA) is 26.0 Å². The van der Waals surface area contributed by atoms with Gasteiger partial charge in [-0.05, 0) is 25.0 Å². The van der Waals surface area contributed by atoms with Crippen LogP contribution in [0.4, 0.5) is 13.2 Å². The van der Waals surface area contributed by atoms with Crippen molar-refractivity contribution in [3.05, 3.63) is 40.6 Å². The Labute approximate surface area is 131 Å². The van der Waals surface area contributed by atoms with E-state index in [-0.39, 0.29) is 5.92 Å². The lowest BCUT2D eigenvalue weighted by Crippen LogP contribution is -2.04. The average Bonchev–Trinajstić information content (AvgIpc) is 2.89. The molecule has 0 saturated heterocycles. The fourth-order valence-corrected chi connectivity index (χ4v) is 3.24. The van der Waals surface area contributed by atoms with E-state index >= 15 is 0 Å². The summed E-state index contributed by atoms with van der Waals surface area (Å²) in [5.74, 6) is 0.924. The number of nitrogens with zero attached hydrogens (tertiary/aromatic N) is 1. The Morgan fingerprint density at radius 2 is 1.68 bits per heavy atom. The summed E-state index contributed by atoms with van der Waals surface area (Å²) >= 11 is 6.34. The van der Waals surface area contributed by atoms with Crippen LogP contribution in [0.5, 0.6) is 0 Å². The van der Waals surface area contributed by atoms with E-state index in [4.69, 9.17) is 16.1 Å². The predicted octanol–water partition coefficient (Wildman–Crippen LogP) is 6.06. The second-order valence-corrected chi connectivity index (χ2v) is 6.00. The van der Waals surface area contributed by atoms with Crippen molar-refractivity contribution in [1.82, 2.24) is 5.16 Å². The Bertz CT molecular complexity index is 642. The molecule has 0 unspecified atom stereocenters. The van der Waals surface area contributed by atoms with Crippen LogP contribution in [0.25, 0.3) is 11.3 Å². The third-order valence-corrected chi connectivity index (χ3v) is 4.49. The van der Waals surface area contributed by atoms with Crippen molar-refractivity contribution in [2.45, 2.75) is 44.2 Å². The van der Waals surface area contributed by atoms with E-state index in [9.17, 15) is 13.2 Å². The van der Waals surface area contributed by atoms with Gasteiger partial charge >= 0.3 is 6.18 Å². The molecule has 0 amide bonds. The van der Waals surface area contributed by atoms with E-state index in [1.807, 2.05) is 0 Å². The average molecular weight is 330 g/mol. The first-order valence-corrected chi connectivity index (χ1v) is 7.67. The van der Waals surface area contributed by atoms with Crippen molar-refractivity contribution < 1.29 is 17.7 Å². The molecule has 0 radical (unpaired) electrons. The van der Waals surface area contributed by atoms with Crippen LogP contribution in [0.1, 0.15) is 49.3 Å². The molecular formula is C16H15ClF3NO. The van der Waals surface area contributed by atoms with Crippen LogP contribution in [0.15, 0.2) is 28.8 Å². The maximum Gasteiger partial charge on any atom is 0.416 e. The first-order valence-electron chi connectivity index (χ1n) is 7.29. The van der Waals surface area contributed by atoms with Crippen LogP contribution >= 0.6 is 11.6 Å². The number of hydrogen-bond acceptors (Lipinski definition) is 2. The molecule has 0 aliphatic heterocycles. The highest BCUT2D eigenvalue weighted by molar-refractivity contribution is 6.33. The van der Waals surface area contributed by atoms with Gasteiger partial charge in [0.15, 0.2) is 5.76 Å². The number of aromatic nitrogens is 1. The molecule has 1 fully saturated rings. The fourth-order valence-electron chi connectivity index (χ4n) is 2.91. The summed E-state index contributed by atoms with van der Waals surface area (Å²) in [6.45, 7) is 0. The Morgan fingerprint density at radius 1 is 1.05 bits per heavy atom. The molecule has 1 heterocycles. The Morgan fingerprint density at radius 3 is 2.27 bits per heavy atom. The molecule has 1 aromatic carbocycles. The molecule has 0 bridgehead atoms. The van der Waals surface area contributed by atoms with E-state index in [0.717, 1.165) is 37.8 Å². The van der Waals surface area contributed by atoms with E-state index in [0.29, 0.717) is 22.0 Å². The maximum absolute atomic E-state index is 12.6. The number of alkyl halides is 3. The van der Waals surface area contributed by atoms with Gasteiger partial charge in [0.2, 0.25) is 0 Å². The minimum absolute atomic E-state index is 0.261. The van der Waals surface area contributed by atoms with Crippen LogP contribution in [0.3, 0.4) is 0 Å². The van der Waals surface area contributed by atoms with E-state index in [1.165, 1.54) is 18.6 Å². The minimum atomic E-state index is -4.35. The van der Waals surface area contributed by atoms with Gasteiger partial charge in [-0.1, -0.05) is 48.2 Å². The van der Waals surface area contributed by atoms with Gasteiger partial charge in [-0.3, -0.25) is 0 Å². The van der Waals surface area contributed by atoms with Gasteiger partial charge in [-0.25, -0.2) is 0 Å². The number of hydrogen-bond donors (Lipinski definition) is 0. The molecule has 3 rings (SSSR count). The smallest absolute Gasteiger partial charge is 0.359 e. The van der Waals surface area contributed by atoms with Gasteiger partial charge in [0.1, 0.15) is 10.7 Å². The summed E-state index contributed by atoms with van der Waals surface area (Å²) in [5, 5.41) is 4.39. The minimum Gasteiger partial charge on any atom is -0.359 e. The van der Waals surface area contributed by atoms with Crippen LogP contribution in [-0.2, 0) is 6.18 Å². The molecule has 1 aliphatic carbocycles. The molecule has 1 saturated carbocycles. The lowest BCUT2D eigenvalue weighted by molar-refractivity contribution is -0.137. The van der Waals surface area contributed by atoms with Gasteiger partial charge in [-0.15, -0.1) is 0 Å². The molecule has 1 aromatic heterocycles. The molecule has 0 N–H and O–H groups in total. The van der Waals surface area contributed by atoms with Gasteiger partial charge in [0.05, 0.1) is 5.56 Å². The van der Waals surface area contributed by atoms with Crippen molar-refractivity contribution in [1.29, 1.82) is 0 Å². The monoisotopic (exact) mass is 329 g/mol. The molecule has 0 atom stereocenters. The van der Waals surface area contributed by atoms with E-state index < -0.39 is 11.7 Å². The zero-order chi connectivity index (χ0) is 15.7. The molecule has 22 heavy (non-hydrogen) atoms. The number of halogens is 4. The summed E-state index contributed by atoms with van der Waals surface area (Å²) in [5.41, 5.74) is 0.253. The highest BCUT2D eigenvalue weighted by Crippen LogP contribution is 2.40. The Kier molecular flexibility index (Phi) is 4.17. The van der Waals surface area contributed by atoms with Crippen molar-refractivity contribution in [3.63, 3.8) is 0 Å². The zero-order valence-electron chi connectivity index (χ0n) is 11.8. The van der Waals surface area contributed by atoms with Gasteiger partial charge in [0.25, 0.3) is 0 Å². The second-order valence-electron chi connectivity index (χ2n) is 5.62. The van der Waals surface area contributed by atoms with Crippen molar-refractivity contribution in [2.24, 2.45) is 0 Å². The fraction of sp³-hybridized carbons (Fsp3) is 0.438. The molecule has 2 nitrogen and oxygen atoms in total. The molecule has 1 aliphatic rings. The highest BCUT2D eigenvalue weighted by atomic mass is 35.5. The van der Waals surface area contributed by atoms with Crippen molar-refractivity contribution in [2.75, 3.05) is 0 Å². The Hall–Kier alpha value is -1.49. The normalized spacial score (nSPS) is 16.9. The SMILES string of the molecule is FC(F)(F)c1ccc(-c2noc(C3CCCCC3)c2Cl)cc1. The van der Waals surface area contributed by atoms with Crippen LogP contribution in [-0.4, -0.2) is 5.16 Å². The second kappa shape index (κ2) is 5.95. The first kappa shape index (κ1) is 15.4. The third kappa shape index (κ3) is 3.00. The maximum atomic E-state index is 12.6. The zero-order valence-corrected chi connectivity index (χ0v) is 12.5. The van der Waals surface area contributed by atoms with Crippen LogP contribution in [0.2, 0.25) is 5.02 Å². The third-order valence-electron chi connectivity index (χ3n) is 4.12. The van der Waals surface area contributed by atoms with Crippen molar-refractivity contribution >= 4 is 11.6 Å². The van der Waals surface area contributed by atoms with Gasteiger partial charge < -0.3 is 4.52 Å². The largest absolute Gasteiger partial charge is 0.416 e. The lowest BCUT2D eigenvalue weighted by atomic mass is 9.87. The van der Waals surface area contributed by atoms with E-state index in [2.05, 4.69) is 5.16 Å². The molecule has 2 aromatic rings. The summed E-state index contributed by atoms with van der Waals surface area (Å²) < 4.78 is 43.1. The van der Waals surface area contributed by atoms with Gasteiger partial charge in [0, 0.05) is 11.5 Å². The van der Waals surface area contributed by atoms with E-state index in [1.54, 1.807) is 0 Å². The van der Waals surface area contributed by atoms with Crippen molar-refractivity contribution in [3.8, 4) is 11.3 Å². The molecule has 118 valence electrons. The summed E-state index contributed by atoms with van der Waals surface area (Å²) in [7, 11) is 0. The van der Waals surface area contributed by atoms with Crippen LogP contribution < -0.4 is 0 Å². The highest BCUT2D eigenvalue weighted by Gasteiger charge is 2.30. The number of benzene rings is 1. The molecular weight excluding hydrogens is 315 g/mol. The quantitative estimate of drug-likeness (QED) is 0.669. The number of rotatable bonds is 2. The predicted molar refractivity (Wildman–Crippen MR) is 77.8 cm³/mol. The summed E-state index contributed by atoms with van der Waals surface area (Å²) in [6, 6.07) is 4.80. The van der Waals surface area contributed by atoms with Crippen LogP contribution in [0, 0.1) is 0 Å². The first-order chi connectivity index (χ1) is 10.5. The summed E-state index contributed by atoms with van der Waals surface area (Å²) in [4.78, 5) is 0. The Balaban J connectivity index is 1.87. The lowest BCUT2D eigenvalue weighted by Gasteiger charge is -2.18.